The summed E-state index contributed by atoms with van der Waals surface area (Å²) in [7, 11) is 5.35. The molecule has 0 fully saturated rings. The molecule has 0 aliphatic heterocycles. The van der Waals surface area contributed by atoms with Crippen LogP contribution in [-0.4, -0.2) is 128 Å². The standard InChI is InChI=1S/C36H67BBrN5O9/c1-2-3-4-5-6-7-8-9-10-11-12-15-32(44)40-18-22-50-27-28-51-23-19-41-33(45)16-21-49-25-26-52-24-20-42-36(48)31(43-34(46)29-37)14-13-17-39-35(47)30-38/h31H,2-30H2,1H3,(H,39,47)(H,40,44)(H,41,45)(H,42,48)(H,43,46). The van der Waals surface area contributed by atoms with Gasteiger partial charge in [0.25, 0.3) is 0 Å². The lowest BCUT2D eigenvalue weighted by Crippen LogP contribution is -2.47. The van der Waals surface area contributed by atoms with Gasteiger partial charge >= 0.3 is 0 Å². The average Bonchev–Trinajstić information content (AvgIpc) is 3.14. The molecule has 0 bridgehead atoms. The summed E-state index contributed by atoms with van der Waals surface area (Å²) < 4.78 is 21.8. The molecule has 16 heteroatoms. The van der Waals surface area contributed by atoms with E-state index in [0.29, 0.717) is 78.5 Å². The number of ether oxygens (including phenoxy) is 4. The fourth-order valence-corrected chi connectivity index (χ4v) is 5.13. The molecule has 300 valence electrons. The Kier molecular flexibility index (Phi) is 36.8. The maximum atomic E-state index is 12.5. The summed E-state index contributed by atoms with van der Waals surface area (Å²) in [6, 6.07) is -0.766. The maximum Gasteiger partial charge on any atom is 0.242 e. The number of rotatable bonds is 38. The van der Waals surface area contributed by atoms with Gasteiger partial charge in [-0.2, -0.15) is 0 Å². The first-order valence-electron chi connectivity index (χ1n) is 19.3. The SMILES string of the molecule is [B]CC(=O)NC(CCCNC(=O)CBr)C(=O)NCCOCCOCCC(=O)NCCOCCOCCNC(=O)CCCCCCCCCCCCC. The number of amides is 5. The quantitative estimate of drug-likeness (QED) is 0.0356. The lowest BCUT2D eigenvalue weighted by molar-refractivity contribution is -0.128. The molecule has 1 atom stereocenters. The third-order valence-corrected chi connectivity index (χ3v) is 8.37. The van der Waals surface area contributed by atoms with Gasteiger partial charge < -0.3 is 45.5 Å². The molecule has 5 amide bonds. The first kappa shape index (κ1) is 49.7. The molecule has 0 aromatic rings. The van der Waals surface area contributed by atoms with Crippen LogP contribution in [0.2, 0.25) is 6.32 Å². The minimum absolute atomic E-state index is 0.0775. The van der Waals surface area contributed by atoms with Crippen molar-refractivity contribution in [3.63, 3.8) is 0 Å². The molecule has 0 aliphatic carbocycles. The summed E-state index contributed by atoms with van der Waals surface area (Å²) in [4.78, 5) is 59.4. The number of halogens is 1. The van der Waals surface area contributed by atoms with Crippen LogP contribution in [0.5, 0.6) is 0 Å². The summed E-state index contributed by atoms with van der Waals surface area (Å²) in [5.41, 5.74) is 0. The third kappa shape index (κ3) is 34.8. The second-order valence-corrected chi connectivity index (χ2v) is 13.0. The molecule has 0 aromatic carbocycles. The van der Waals surface area contributed by atoms with Crippen molar-refractivity contribution in [2.24, 2.45) is 0 Å². The van der Waals surface area contributed by atoms with E-state index < -0.39 is 11.9 Å². The molecule has 5 N–H and O–H groups in total. The molecule has 1 unspecified atom stereocenters. The van der Waals surface area contributed by atoms with Crippen molar-refractivity contribution in [2.75, 3.05) is 84.4 Å². The van der Waals surface area contributed by atoms with Gasteiger partial charge in [0.2, 0.25) is 29.5 Å². The summed E-state index contributed by atoms with van der Waals surface area (Å²) in [5.74, 6) is -1.03. The Morgan fingerprint density at radius 1 is 0.519 bits per heavy atom. The van der Waals surface area contributed by atoms with Crippen molar-refractivity contribution >= 4 is 53.3 Å². The fraction of sp³-hybridized carbons (Fsp3) is 0.861. The Bertz CT molecular complexity index is 923. The molecular weight excluding hydrogens is 737 g/mol. The van der Waals surface area contributed by atoms with Gasteiger partial charge in [-0.3, -0.25) is 24.0 Å². The number of carbonyl (C=O) groups excluding carboxylic acids is 5. The minimum atomic E-state index is -0.766. The van der Waals surface area contributed by atoms with Crippen LogP contribution < -0.4 is 26.6 Å². The number of hydrogen-bond donors (Lipinski definition) is 5. The number of unbranched alkanes of at least 4 members (excludes halogenated alkanes) is 10. The van der Waals surface area contributed by atoms with E-state index in [1.54, 1.807) is 0 Å². The van der Waals surface area contributed by atoms with E-state index in [4.69, 9.17) is 26.8 Å². The normalized spacial score (nSPS) is 11.5. The lowest BCUT2D eigenvalue weighted by Gasteiger charge is -2.18. The van der Waals surface area contributed by atoms with E-state index in [0.717, 1.165) is 12.8 Å². The number of alkyl halides is 1. The highest BCUT2D eigenvalue weighted by molar-refractivity contribution is 9.09. The lowest BCUT2D eigenvalue weighted by atomic mass is 10.0. The van der Waals surface area contributed by atoms with E-state index in [1.165, 1.54) is 57.8 Å². The molecule has 14 nitrogen and oxygen atoms in total. The van der Waals surface area contributed by atoms with Gasteiger partial charge in [0, 0.05) is 39.0 Å². The molecule has 2 radical (unpaired) electrons. The van der Waals surface area contributed by atoms with Crippen LogP contribution in [0.1, 0.15) is 103 Å². The minimum Gasteiger partial charge on any atom is -0.379 e. The summed E-state index contributed by atoms with van der Waals surface area (Å²) >= 11 is 3.06. The molecule has 0 aromatic heterocycles. The van der Waals surface area contributed by atoms with Crippen LogP contribution in [0, 0.1) is 0 Å². The monoisotopic (exact) mass is 803 g/mol. The van der Waals surface area contributed by atoms with Crippen molar-refractivity contribution in [3.05, 3.63) is 0 Å². The second-order valence-electron chi connectivity index (χ2n) is 12.4. The van der Waals surface area contributed by atoms with E-state index >= 15 is 0 Å². The molecule has 0 heterocycles. The van der Waals surface area contributed by atoms with E-state index in [1.807, 2.05) is 0 Å². The largest absolute Gasteiger partial charge is 0.379 e. The maximum absolute atomic E-state index is 12.5. The smallest absolute Gasteiger partial charge is 0.242 e. The predicted octanol–water partition coefficient (Wildman–Crippen LogP) is 2.86. The number of hydrogen-bond acceptors (Lipinski definition) is 9. The number of nitrogens with one attached hydrogen (secondary N) is 5. The zero-order valence-electron chi connectivity index (χ0n) is 31.7. The summed E-state index contributed by atoms with van der Waals surface area (Å²) in [5, 5.41) is 13.8. The van der Waals surface area contributed by atoms with Gasteiger partial charge in [0.15, 0.2) is 0 Å². The second kappa shape index (κ2) is 38.5. The van der Waals surface area contributed by atoms with Crippen molar-refractivity contribution in [2.45, 2.75) is 116 Å². The van der Waals surface area contributed by atoms with Crippen LogP contribution >= 0.6 is 15.9 Å². The highest BCUT2D eigenvalue weighted by Gasteiger charge is 2.19. The summed E-state index contributed by atoms with van der Waals surface area (Å²) in [6.45, 7) is 6.43. The van der Waals surface area contributed by atoms with Crippen molar-refractivity contribution in [1.82, 2.24) is 26.6 Å². The molecule has 0 aliphatic rings. The zero-order chi connectivity index (χ0) is 38.3. The van der Waals surface area contributed by atoms with E-state index in [-0.39, 0.29) is 61.5 Å². The molecule has 0 rings (SSSR count). The van der Waals surface area contributed by atoms with Crippen molar-refractivity contribution in [3.8, 4) is 0 Å². The average molecular weight is 805 g/mol. The van der Waals surface area contributed by atoms with Crippen LogP contribution in [0.15, 0.2) is 0 Å². The van der Waals surface area contributed by atoms with Gasteiger partial charge in [-0.1, -0.05) is 87.1 Å². The van der Waals surface area contributed by atoms with Crippen LogP contribution in [0.25, 0.3) is 0 Å². The Hall–Kier alpha value is -2.27. The van der Waals surface area contributed by atoms with Gasteiger partial charge in [0.1, 0.15) is 6.04 Å². The van der Waals surface area contributed by atoms with Crippen LogP contribution in [-0.2, 0) is 42.9 Å². The van der Waals surface area contributed by atoms with E-state index in [2.05, 4.69) is 49.4 Å². The first-order valence-corrected chi connectivity index (χ1v) is 20.4. The molecule has 0 saturated heterocycles. The molecular formula is C36H67BBrN5O9. The topological polar surface area (TPSA) is 182 Å². The van der Waals surface area contributed by atoms with Crippen molar-refractivity contribution in [1.29, 1.82) is 0 Å². The van der Waals surface area contributed by atoms with E-state index in [9.17, 15) is 24.0 Å². The predicted molar refractivity (Wildman–Crippen MR) is 207 cm³/mol. The van der Waals surface area contributed by atoms with Gasteiger partial charge in [-0.15, -0.1) is 0 Å². The van der Waals surface area contributed by atoms with Gasteiger partial charge in [-0.05, 0) is 25.6 Å². The number of carbonyl (C=O) groups is 5. The fourth-order valence-electron chi connectivity index (χ4n) is 4.93. The highest BCUT2D eigenvalue weighted by Crippen LogP contribution is 2.12. The van der Waals surface area contributed by atoms with Crippen LogP contribution in [0.3, 0.4) is 0 Å². The third-order valence-electron chi connectivity index (χ3n) is 7.86. The van der Waals surface area contributed by atoms with Gasteiger partial charge in [0.05, 0.1) is 66.0 Å². The van der Waals surface area contributed by atoms with Gasteiger partial charge in [-0.25, -0.2) is 0 Å². The Labute approximate surface area is 322 Å². The Morgan fingerprint density at radius 2 is 0.981 bits per heavy atom. The summed E-state index contributed by atoms with van der Waals surface area (Å²) in [6.07, 6.45) is 15.3. The Morgan fingerprint density at radius 3 is 1.50 bits per heavy atom. The first-order chi connectivity index (χ1) is 25.3. The molecule has 0 saturated carbocycles. The zero-order valence-corrected chi connectivity index (χ0v) is 33.3. The highest BCUT2D eigenvalue weighted by atomic mass is 79.9. The molecule has 0 spiro atoms. The Balaban J connectivity index is 3.57. The van der Waals surface area contributed by atoms with Crippen molar-refractivity contribution < 1.29 is 42.9 Å². The van der Waals surface area contributed by atoms with Crippen LogP contribution in [0.4, 0.5) is 0 Å². The molecule has 52 heavy (non-hydrogen) atoms.